The summed E-state index contributed by atoms with van der Waals surface area (Å²) in [5.74, 6) is 0.507. The Balaban J connectivity index is 1.93. The van der Waals surface area contributed by atoms with Gasteiger partial charge in [0.1, 0.15) is 5.82 Å². The number of carbonyl (C=O) groups is 1. The molecule has 1 aromatic carbocycles. The Labute approximate surface area is 129 Å². The van der Waals surface area contributed by atoms with E-state index in [1.54, 1.807) is 24.4 Å². The topological polar surface area (TPSA) is 88.2 Å². The van der Waals surface area contributed by atoms with Crippen LogP contribution in [0.5, 0.6) is 0 Å². The largest absolute Gasteiger partial charge is 0.334 e. The van der Waals surface area contributed by atoms with Crippen LogP contribution >= 0.6 is 0 Å². The van der Waals surface area contributed by atoms with Crippen molar-refractivity contribution >= 4 is 21.7 Å². The minimum Gasteiger partial charge on any atom is -0.334 e. The first-order valence-electron chi connectivity index (χ1n) is 6.62. The maximum Gasteiger partial charge on any atom is 0.320 e. The first-order valence-corrected chi connectivity index (χ1v) is 8.51. The van der Waals surface area contributed by atoms with Crippen molar-refractivity contribution in [1.29, 1.82) is 0 Å². The van der Waals surface area contributed by atoms with Gasteiger partial charge in [-0.05, 0) is 36.2 Å². The number of nitrogens with zero attached hydrogens (tertiary/aromatic N) is 1. The molecule has 2 rings (SSSR count). The zero-order chi connectivity index (χ0) is 16.2. The number of hydrogen-bond acceptors (Lipinski definition) is 4. The molecule has 0 aliphatic carbocycles. The van der Waals surface area contributed by atoms with E-state index in [0.29, 0.717) is 12.4 Å². The maximum absolute atomic E-state index is 11.8. The molecule has 22 heavy (non-hydrogen) atoms. The second-order valence-electron chi connectivity index (χ2n) is 4.89. The van der Waals surface area contributed by atoms with E-state index in [1.807, 2.05) is 13.0 Å². The second-order valence-corrected chi connectivity index (χ2v) is 6.91. The van der Waals surface area contributed by atoms with Crippen molar-refractivity contribution in [2.45, 2.75) is 18.4 Å². The minimum atomic E-state index is -3.20. The van der Waals surface area contributed by atoms with Gasteiger partial charge in [-0.15, -0.1) is 0 Å². The van der Waals surface area contributed by atoms with Gasteiger partial charge in [-0.2, -0.15) is 0 Å². The molecule has 0 atom stereocenters. The van der Waals surface area contributed by atoms with Crippen LogP contribution in [0.25, 0.3) is 0 Å². The van der Waals surface area contributed by atoms with Crippen LogP contribution in [0.2, 0.25) is 0 Å². The molecule has 0 saturated heterocycles. The van der Waals surface area contributed by atoms with Crippen molar-refractivity contribution in [2.24, 2.45) is 0 Å². The van der Waals surface area contributed by atoms with Gasteiger partial charge in [0.05, 0.1) is 4.90 Å². The third-order valence-corrected chi connectivity index (χ3v) is 4.17. The van der Waals surface area contributed by atoms with E-state index in [9.17, 15) is 13.2 Å². The summed E-state index contributed by atoms with van der Waals surface area (Å²) in [4.78, 5) is 16.1. The third kappa shape index (κ3) is 4.29. The molecule has 0 radical (unpaired) electrons. The molecule has 2 N–H and O–H groups in total. The summed E-state index contributed by atoms with van der Waals surface area (Å²) < 4.78 is 22.7. The van der Waals surface area contributed by atoms with Gasteiger partial charge in [-0.25, -0.2) is 18.2 Å². The van der Waals surface area contributed by atoms with Gasteiger partial charge in [0.2, 0.25) is 0 Å². The third-order valence-electron chi connectivity index (χ3n) is 3.05. The summed E-state index contributed by atoms with van der Waals surface area (Å²) in [5.41, 5.74) is 1.68. The number of sulfone groups is 1. The van der Waals surface area contributed by atoms with E-state index in [1.165, 1.54) is 12.1 Å². The molecule has 116 valence electrons. The number of nitrogens with one attached hydrogen (secondary N) is 2. The lowest BCUT2D eigenvalue weighted by Gasteiger charge is -2.09. The van der Waals surface area contributed by atoms with Crippen molar-refractivity contribution in [2.75, 3.05) is 11.6 Å². The number of amides is 2. The number of carbonyl (C=O) groups excluding carboxylic acids is 1. The highest BCUT2D eigenvalue weighted by molar-refractivity contribution is 7.90. The van der Waals surface area contributed by atoms with Crippen LogP contribution in [0.15, 0.2) is 47.5 Å². The van der Waals surface area contributed by atoms with Gasteiger partial charge >= 0.3 is 6.03 Å². The minimum absolute atomic E-state index is 0.254. The molecule has 0 unspecified atom stereocenters. The quantitative estimate of drug-likeness (QED) is 0.903. The molecule has 2 aromatic rings. The smallest absolute Gasteiger partial charge is 0.320 e. The number of aryl methyl sites for hydroxylation is 1. The van der Waals surface area contributed by atoms with Gasteiger partial charge in [0.15, 0.2) is 9.84 Å². The SMILES string of the molecule is Cc1cccnc1NC(=O)NCc1ccc(S(C)(=O)=O)cc1. The van der Waals surface area contributed by atoms with Crippen LogP contribution in [-0.4, -0.2) is 25.7 Å². The number of urea groups is 1. The lowest BCUT2D eigenvalue weighted by molar-refractivity contribution is 0.251. The Morgan fingerprint density at radius 3 is 2.45 bits per heavy atom. The van der Waals surface area contributed by atoms with Gasteiger partial charge in [0.25, 0.3) is 0 Å². The molecule has 0 fully saturated rings. The van der Waals surface area contributed by atoms with E-state index in [-0.39, 0.29) is 10.9 Å². The first kappa shape index (κ1) is 16.0. The Hall–Kier alpha value is -2.41. The fraction of sp³-hybridized carbons (Fsp3) is 0.200. The predicted molar refractivity (Wildman–Crippen MR) is 84.4 cm³/mol. The van der Waals surface area contributed by atoms with Crippen LogP contribution in [0.1, 0.15) is 11.1 Å². The number of rotatable bonds is 4. The van der Waals surface area contributed by atoms with Crippen LogP contribution in [0.3, 0.4) is 0 Å². The summed E-state index contributed by atoms with van der Waals surface area (Å²) in [7, 11) is -3.20. The van der Waals surface area contributed by atoms with Crippen molar-refractivity contribution < 1.29 is 13.2 Å². The van der Waals surface area contributed by atoms with Crippen LogP contribution in [0, 0.1) is 6.92 Å². The molecule has 1 heterocycles. The molecule has 0 spiro atoms. The molecular weight excluding hydrogens is 302 g/mol. The van der Waals surface area contributed by atoms with E-state index in [4.69, 9.17) is 0 Å². The lowest BCUT2D eigenvalue weighted by Crippen LogP contribution is -2.28. The molecular formula is C15H17N3O3S. The highest BCUT2D eigenvalue weighted by atomic mass is 32.2. The monoisotopic (exact) mass is 319 g/mol. The van der Waals surface area contributed by atoms with E-state index < -0.39 is 9.84 Å². The fourth-order valence-corrected chi connectivity index (χ4v) is 2.44. The highest BCUT2D eigenvalue weighted by Crippen LogP contribution is 2.11. The standard InChI is InChI=1S/C15H17N3O3S/c1-11-4-3-9-16-14(11)18-15(19)17-10-12-5-7-13(8-6-12)22(2,20)21/h3-9H,10H2,1-2H3,(H2,16,17,18,19). The Kier molecular flexibility index (Phi) is 4.77. The van der Waals surface area contributed by atoms with Crippen LogP contribution in [0.4, 0.5) is 10.6 Å². The number of pyridine rings is 1. The summed E-state index contributed by atoms with van der Waals surface area (Å²) in [6.07, 6.45) is 2.76. The first-order chi connectivity index (χ1) is 10.4. The van der Waals surface area contributed by atoms with Gasteiger partial charge < -0.3 is 5.32 Å². The van der Waals surface area contributed by atoms with E-state index >= 15 is 0 Å². The highest BCUT2D eigenvalue weighted by Gasteiger charge is 2.07. The van der Waals surface area contributed by atoms with Gasteiger partial charge in [-0.1, -0.05) is 18.2 Å². The van der Waals surface area contributed by atoms with Crippen molar-refractivity contribution in [3.63, 3.8) is 0 Å². The zero-order valence-electron chi connectivity index (χ0n) is 12.3. The average molecular weight is 319 g/mol. The van der Waals surface area contributed by atoms with E-state index in [0.717, 1.165) is 17.4 Å². The number of anilines is 1. The Bertz CT molecular complexity index is 771. The molecule has 0 bridgehead atoms. The summed E-state index contributed by atoms with van der Waals surface area (Å²) in [6, 6.07) is 9.66. The molecule has 1 aromatic heterocycles. The molecule has 0 aliphatic rings. The van der Waals surface area contributed by atoms with Crippen molar-refractivity contribution in [3.8, 4) is 0 Å². The number of hydrogen-bond donors (Lipinski definition) is 2. The Morgan fingerprint density at radius 1 is 1.18 bits per heavy atom. The normalized spacial score (nSPS) is 11.0. The number of aromatic nitrogens is 1. The molecule has 7 heteroatoms. The maximum atomic E-state index is 11.8. The molecule has 0 saturated carbocycles. The van der Waals surface area contributed by atoms with Gasteiger partial charge in [0, 0.05) is 19.0 Å². The second kappa shape index (κ2) is 6.57. The van der Waals surface area contributed by atoms with Crippen molar-refractivity contribution in [1.82, 2.24) is 10.3 Å². The molecule has 2 amide bonds. The fourth-order valence-electron chi connectivity index (χ4n) is 1.81. The summed E-state index contributed by atoms with van der Waals surface area (Å²) >= 11 is 0. The average Bonchev–Trinajstić information content (AvgIpc) is 2.47. The van der Waals surface area contributed by atoms with Crippen LogP contribution in [-0.2, 0) is 16.4 Å². The van der Waals surface area contributed by atoms with Gasteiger partial charge in [-0.3, -0.25) is 5.32 Å². The Morgan fingerprint density at radius 2 is 1.86 bits per heavy atom. The number of benzene rings is 1. The van der Waals surface area contributed by atoms with Crippen LogP contribution < -0.4 is 10.6 Å². The van der Waals surface area contributed by atoms with Crippen molar-refractivity contribution in [3.05, 3.63) is 53.7 Å². The van der Waals surface area contributed by atoms with E-state index in [2.05, 4.69) is 15.6 Å². The predicted octanol–water partition coefficient (Wildman–Crippen LogP) is 2.12. The summed E-state index contributed by atoms with van der Waals surface area (Å²) in [6.45, 7) is 2.15. The summed E-state index contributed by atoms with van der Waals surface area (Å²) in [5, 5.41) is 5.35. The molecule has 0 aliphatic heterocycles. The zero-order valence-corrected chi connectivity index (χ0v) is 13.1. The lowest BCUT2D eigenvalue weighted by atomic mass is 10.2. The molecule has 6 nitrogen and oxygen atoms in total.